The highest BCUT2D eigenvalue weighted by molar-refractivity contribution is 7.92. The second kappa shape index (κ2) is 10.1. The maximum absolute atomic E-state index is 15.2. The summed E-state index contributed by atoms with van der Waals surface area (Å²) in [4.78, 5) is 26.2. The van der Waals surface area contributed by atoms with Gasteiger partial charge < -0.3 is 15.5 Å². The highest BCUT2D eigenvalue weighted by atomic mass is 32.2. The summed E-state index contributed by atoms with van der Waals surface area (Å²) in [7, 11) is -3.68. The number of hydrogen-bond acceptors (Lipinski definition) is 4. The highest BCUT2D eigenvalue weighted by Crippen LogP contribution is 2.35. The number of aryl methyl sites for hydroxylation is 1. The lowest BCUT2D eigenvalue weighted by atomic mass is 10.0. The van der Waals surface area contributed by atoms with Crippen LogP contribution in [0.15, 0.2) is 54.6 Å². The van der Waals surface area contributed by atoms with E-state index in [4.69, 9.17) is 0 Å². The minimum Gasteiger partial charge on any atom is -0.326 e. The molecule has 1 aliphatic heterocycles. The molecule has 3 amide bonds. The van der Waals surface area contributed by atoms with Crippen molar-refractivity contribution in [2.75, 3.05) is 27.7 Å². The molecule has 0 bridgehead atoms. The number of urea groups is 1. The van der Waals surface area contributed by atoms with Crippen molar-refractivity contribution >= 4 is 39.0 Å². The molecular formula is C25H23F3N4O4S. The molecule has 1 heterocycles. The molecule has 37 heavy (non-hydrogen) atoms. The van der Waals surface area contributed by atoms with Crippen LogP contribution in [0.5, 0.6) is 0 Å². The van der Waals surface area contributed by atoms with E-state index >= 15 is 8.78 Å². The Morgan fingerprint density at radius 3 is 2.41 bits per heavy atom. The number of nitrogens with zero attached hydrogens (tertiary/aromatic N) is 1. The number of nitrogens with one attached hydrogen (secondary N) is 3. The van der Waals surface area contributed by atoms with Crippen LogP contribution in [0.2, 0.25) is 0 Å². The molecule has 3 aromatic rings. The number of rotatable bonds is 6. The van der Waals surface area contributed by atoms with Crippen molar-refractivity contribution < 1.29 is 31.2 Å². The second-order valence-electron chi connectivity index (χ2n) is 8.59. The third-order valence-electron chi connectivity index (χ3n) is 5.75. The van der Waals surface area contributed by atoms with E-state index in [2.05, 4.69) is 15.4 Å². The molecule has 12 heteroatoms. The van der Waals surface area contributed by atoms with Gasteiger partial charge in [0.25, 0.3) is 0 Å². The first kappa shape index (κ1) is 26.0. The van der Waals surface area contributed by atoms with Crippen LogP contribution in [0, 0.1) is 24.4 Å². The van der Waals surface area contributed by atoms with Gasteiger partial charge in [0.05, 0.1) is 23.3 Å². The number of hydrogen-bond donors (Lipinski definition) is 3. The Hall–Kier alpha value is -4.06. The van der Waals surface area contributed by atoms with Crippen LogP contribution in [-0.4, -0.2) is 39.2 Å². The Morgan fingerprint density at radius 1 is 0.973 bits per heavy atom. The average Bonchev–Trinajstić information content (AvgIpc) is 3.17. The minimum absolute atomic E-state index is 0.00456. The van der Waals surface area contributed by atoms with Crippen molar-refractivity contribution in [3.8, 4) is 11.1 Å². The van der Waals surface area contributed by atoms with E-state index < -0.39 is 45.5 Å². The van der Waals surface area contributed by atoms with E-state index in [1.807, 2.05) is 0 Å². The van der Waals surface area contributed by atoms with Gasteiger partial charge in [-0.05, 0) is 49.2 Å². The first-order chi connectivity index (χ1) is 17.4. The standard InChI is InChI=1S/C25H23F3N4O4S/c1-14-7-9-19(17(26)13-14)29-25(34)30-20-11-12-32(24(20)33)21-10-8-16(22(27)23(21)28)15-5-3-4-6-18(15)31-37(2,35)36/h3-10,13,20,31H,11-12H2,1-2H3,(H2,29,30,34)/t20-/m1/s1. The quantitative estimate of drug-likeness (QED) is 0.438. The number of anilines is 3. The van der Waals surface area contributed by atoms with Gasteiger partial charge in [-0.1, -0.05) is 24.3 Å². The lowest BCUT2D eigenvalue weighted by Gasteiger charge is -2.20. The Kier molecular flexibility index (Phi) is 7.12. The molecule has 0 aromatic heterocycles. The average molecular weight is 533 g/mol. The van der Waals surface area contributed by atoms with Crippen LogP contribution in [0.1, 0.15) is 12.0 Å². The van der Waals surface area contributed by atoms with Crippen LogP contribution in [-0.2, 0) is 14.8 Å². The fourth-order valence-corrected chi connectivity index (χ4v) is 4.63. The van der Waals surface area contributed by atoms with Crippen molar-refractivity contribution in [3.63, 3.8) is 0 Å². The number of sulfonamides is 1. The Bertz CT molecular complexity index is 1500. The van der Waals surface area contributed by atoms with E-state index in [1.165, 1.54) is 36.4 Å². The normalized spacial score (nSPS) is 15.5. The molecule has 0 aliphatic carbocycles. The SMILES string of the molecule is Cc1ccc(NC(=O)N[C@@H]2CCN(c3ccc(-c4ccccc4NS(C)(=O)=O)c(F)c3F)C2=O)c(F)c1. The third kappa shape index (κ3) is 5.69. The molecule has 8 nitrogen and oxygen atoms in total. The molecule has 0 spiro atoms. The zero-order valence-electron chi connectivity index (χ0n) is 19.8. The van der Waals surface area contributed by atoms with Gasteiger partial charge in [-0.15, -0.1) is 0 Å². The molecule has 3 N–H and O–H groups in total. The van der Waals surface area contributed by atoms with E-state index in [1.54, 1.807) is 25.1 Å². The minimum atomic E-state index is -3.68. The van der Waals surface area contributed by atoms with Crippen LogP contribution >= 0.6 is 0 Å². The summed E-state index contributed by atoms with van der Waals surface area (Å²) >= 11 is 0. The van der Waals surface area contributed by atoms with Gasteiger partial charge in [0.1, 0.15) is 11.9 Å². The molecule has 1 fully saturated rings. The van der Waals surface area contributed by atoms with E-state index in [-0.39, 0.29) is 41.2 Å². The topological polar surface area (TPSA) is 108 Å². The third-order valence-corrected chi connectivity index (χ3v) is 6.34. The Morgan fingerprint density at radius 2 is 1.70 bits per heavy atom. The molecule has 4 rings (SSSR count). The summed E-state index contributed by atoms with van der Waals surface area (Å²) in [6.45, 7) is 1.70. The van der Waals surface area contributed by atoms with Crippen molar-refractivity contribution in [3.05, 3.63) is 77.6 Å². The van der Waals surface area contributed by atoms with Crippen LogP contribution < -0.4 is 20.3 Å². The Labute approximate surface area is 211 Å². The van der Waals surface area contributed by atoms with Crippen molar-refractivity contribution in [2.24, 2.45) is 0 Å². The zero-order valence-corrected chi connectivity index (χ0v) is 20.6. The van der Waals surface area contributed by atoms with Gasteiger partial charge in [-0.2, -0.15) is 0 Å². The number of carbonyl (C=O) groups is 2. The summed E-state index contributed by atoms with van der Waals surface area (Å²) in [5.74, 6) is -3.87. The summed E-state index contributed by atoms with van der Waals surface area (Å²) in [5.41, 5.74) is 0.250. The maximum Gasteiger partial charge on any atom is 0.319 e. The van der Waals surface area contributed by atoms with Gasteiger partial charge in [-0.3, -0.25) is 9.52 Å². The first-order valence-corrected chi connectivity index (χ1v) is 13.0. The number of carbonyl (C=O) groups excluding carboxylic acids is 2. The lowest BCUT2D eigenvalue weighted by molar-refractivity contribution is -0.118. The molecule has 1 saturated heterocycles. The monoisotopic (exact) mass is 532 g/mol. The van der Waals surface area contributed by atoms with Gasteiger partial charge in [0, 0.05) is 17.7 Å². The molecule has 0 saturated carbocycles. The molecule has 1 aliphatic rings. The highest BCUT2D eigenvalue weighted by Gasteiger charge is 2.36. The molecule has 1 atom stereocenters. The fraction of sp³-hybridized carbons (Fsp3) is 0.200. The summed E-state index contributed by atoms with van der Waals surface area (Å²) in [6.07, 6.45) is 1.05. The van der Waals surface area contributed by atoms with Crippen molar-refractivity contribution in [1.29, 1.82) is 0 Å². The zero-order chi connectivity index (χ0) is 26.9. The Balaban J connectivity index is 1.52. The maximum atomic E-state index is 15.2. The van der Waals surface area contributed by atoms with Gasteiger partial charge in [0.2, 0.25) is 15.9 Å². The van der Waals surface area contributed by atoms with E-state index in [0.717, 1.165) is 11.2 Å². The summed E-state index contributed by atoms with van der Waals surface area (Å²) in [5, 5.41) is 4.76. The molecule has 3 aromatic carbocycles. The molecule has 0 unspecified atom stereocenters. The fourth-order valence-electron chi connectivity index (χ4n) is 4.05. The van der Waals surface area contributed by atoms with Gasteiger partial charge >= 0.3 is 6.03 Å². The van der Waals surface area contributed by atoms with Crippen LogP contribution in [0.4, 0.5) is 35.0 Å². The molecular weight excluding hydrogens is 509 g/mol. The number of para-hydroxylation sites is 1. The predicted molar refractivity (Wildman–Crippen MR) is 134 cm³/mol. The van der Waals surface area contributed by atoms with Gasteiger partial charge in [0.15, 0.2) is 11.6 Å². The van der Waals surface area contributed by atoms with Crippen LogP contribution in [0.3, 0.4) is 0 Å². The molecule has 0 radical (unpaired) electrons. The van der Waals surface area contributed by atoms with Crippen LogP contribution in [0.25, 0.3) is 11.1 Å². The second-order valence-corrected chi connectivity index (χ2v) is 10.3. The number of benzene rings is 3. The lowest BCUT2D eigenvalue weighted by Crippen LogP contribution is -2.43. The predicted octanol–water partition coefficient (Wildman–Crippen LogP) is 4.38. The summed E-state index contributed by atoms with van der Waals surface area (Å²) < 4.78 is 69.9. The van der Waals surface area contributed by atoms with Gasteiger partial charge in [-0.25, -0.2) is 26.4 Å². The number of amides is 3. The largest absolute Gasteiger partial charge is 0.326 e. The van der Waals surface area contributed by atoms with Crippen molar-refractivity contribution in [1.82, 2.24) is 5.32 Å². The van der Waals surface area contributed by atoms with Crippen molar-refractivity contribution in [2.45, 2.75) is 19.4 Å². The number of halogens is 3. The smallest absolute Gasteiger partial charge is 0.319 e. The molecule has 194 valence electrons. The van der Waals surface area contributed by atoms with E-state index in [0.29, 0.717) is 5.56 Å². The summed E-state index contributed by atoms with van der Waals surface area (Å²) in [6, 6.07) is 10.8. The first-order valence-electron chi connectivity index (χ1n) is 11.1. The van der Waals surface area contributed by atoms with E-state index in [9.17, 15) is 22.4 Å².